The summed E-state index contributed by atoms with van der Waals surface area (Å²) in [6, 6.07) is 13.7. The van der Waals surface area contributed by atoms with Crippen LogP contribution in [0.25, 0.3) is 10.4 Å². The van der Waals surface area contributed by atoms with Crippen LogP contribution in [-0.2, 0) is 4.74 Å². The zero-order valence-corrected chi connectivity index (χ0v) is 18.2. The normalized spacial score (nSPS) is 26.8. The highest BCUT2D eigenvalue weighted by molar-refractivity contribution is 7.15. The number of aliphatic hydroxyl groups excluding tert-OH is 4. The van der Waals surface area contributed by atoms with Crippen LogP contribution in [0.3, 0.4) is 0 Å². The Hall–Kier alpha value is -1.91. The highest BCUT2D eigenvalue weighted by Crippen LogP contribution is 2.41. The predicted molar refractivity (Wildman–Crippen MR) is 117 cm³/mol. The lowest BCUT2D eigenvalue weighted by Gasteiger charge is -2.40. The molecular formula is C23H21ClF2O5S. The van der Waals surface area contributed by atoms with Crippen molar-refractivity contribution in [3.8, 4) is 10.4 Å². The molecule has 1 unspecified atom stereocenters. The molecule has 6 atom stereocenters. The fourth-order valence-electron chi connectivity index (χ4n) is 3.72. The summed E-state index contributed by atoms with van der Waals surface area (Å²) in [6.45, 7) is -0.561. The van der Waals surface area contributed by atoms with Crippen molar-refractivity contribution in [2.45, 2.75) is 36.7 Å². The fourth-order valence-corrected chi connectivity index (χ4v) is 4.95. The zero-order chi connectivity index (χ0) is 23.0. The number of thiophene rings is 1. The van der Waals surface area contributed by atoms with E-state index in [0.29, 0.717) is 10.4 Å². The summed E-state index contributed by atoms with van der Waals surface area (Å²) in [5.74, 6) is -0.356. The van der Waals surface area contributed by atoms with Crippen LogP contribution in [-0.4, -0.2) is 51.4 Å². The smallest absolute Gasteiger partial charge is 0.161 e. The van der Waals surface area contributed by atoms with E-state index in [4.69, 9.17) is 16.3 Å². The Labute approximate surface area is 192 Å². The van der Waals surface area contributed by atoms with Gasteiger partial charge in [0, 0.05) is 20.3 Å². The third kappa shape index (κ3) is 4.45. The molecule has 0 aliphatic carbocycles. The minimum atomic E-state index is -1.58. The Kier molecular flexibility index (Phi) is 6.92. The molecular weight excluding hydrogens is 462 g/mol. The van der Waals surface area contributed by atoms with Crippen LogP contribution in [0.5, 0.6) is 0 Å². The predicted octanol–water partition coefficient (Wildman–Crippen LogP) is 3.78. The summed E-state index contributed by atoms with van der Waals surface area (Å²) in [7, 11) is 0. The van der Waals surface area contributed by atoms with Gasteiger partial charge in [-0.1, -0.05) is 29.8 Å². The molecule has 0 amide bonds. The first-order chi connectivity index (χ1) is 15.3. The molecule has 5 nitrogen and oxygen atoms in total. The Morgan fingerprint density at radius 3 is 2.38 bits per heavy atom. The first kappa shape index (κ1) is 23.3. The van der Waals surface area contributed by atoms with Gasteiger partial charge < -0.3 is 25.2 Å². The van der Waals surface area contributed by atoms with Crippen LogP contribution in [0.4, 0.5) is 8.78 Å². The summed E-state index contributed by atoms with van der Waals surface area (Å²) in [5.41, 5.74) is 1.25. The second-order valence-corrected chi connectivity index (χ2v) is 9.12. The second-order valence-electron chi connectivity index (χ2n) is 7.60. The molecule has 4 rings (SSSR count). The van der Waals surface area contributed by atoms with Crippen LogP contribution < -0.4 is 0 Å². The fraction of sp³-hybridized carbons (Fsp3) is 0.304. The van der Waals surface area contributed by atoms with Crippen LogP contribution in [0, 0.1) is 5.82 Å². The molecule has 2 aromatic carbocycles. The van der Waals surface area contributed by atoms with E-state index in [1.807, 2.05) is 0 Å². The molecule has 2 heterocycles. The Morgan fingerprint density at radius 1 is 0.969 bits per heavy atom. The Bertz CT molecular complexity index is 1070. The van der Waals surface area contributed by atoms with Crippen molar-refractivity contribution in [1.29, 1.82) is 0 Å². The summed E-state index contributed by atoms with van der Waals surface area (Å²) >= 11 is 7.46. The van der Waals surface area contributed by atoms with Gasteiger partial charge >= 0.3 is 0 Å². The molecule has 32 heavy (non-hydrogen) atoms. The molecule has 0 bridgehead atoms. The molecule has 9 heteroatoms. The molecule has 1 aliphatic heterocycles. The van der Waals surface area contributed by atoms with E-state index in [9.17, 15) is 24.8 Å². The van der Waals surface area contributed by atoms with Gasteiger partial charge in [0.2, 0.25) is 0 Å². The third-order valence-electron chi connectivity index (χ3n) is 5.52. The first-order valence-corrected chi connectivity index (χ1v) is 11.1. The van der Waals surface area contributed by atoms with Crippen LogP contribution in [0.1, 0.15) is 28.3 Å². The summed E-state index contributed by atoms with van der Waals surface area (Å²) in [6.07, 6.45) is -8.25. The van der Waals surface area contributed by atoms with Crippen molar-refractivity contribution in [1.82, 2.24) is 0 Å². The monoisotopic (exact) mass is 482 g/mol. The average Bonchev–Trinajstić information content (AvgIpc) is 3.29. The van der Waals surface area contributed by atoms with E-state index < -0.39 is 43.3 Å². The SMILES string of the molecule is OC[C@H]1O[C@@H](c2ccc(Cl)c(C(F)c3ccc(-c4ccc(F)cc4)s3)c2)[C@H](O)[C@@H](O)[C@@H]1O. The van der Waals surface area contributed by atoms with Crippen molar-refractivity contribution in [3.63, 3.8) is 0 Å². The van der Waals surface area contributed by atoms with Gasteiger partial charge in [-0.25, -0.2) is 8.78 Å². The molecule has 0 saturated carbocycles. The zero-order valence-electron chi connectivity index (χ0n) is 16.6. The van der Waals surface area contributed by atoms with E-state index in [1.54, 1.807) is 24.3 Å². The molecule has 1 aliphatic rings. The van der Waals surface area contributed by atoms with Gasteiger partial charge in [-0.15, -0.1) is 11.3 Å². The minimum Gasteiger partial charge on any atom is -0.394 e. The van der Waals surface area contributed by atoms with E-state index in [-0.39, 0.29) is 16.4 Å². The second kappa shape index (κ2) is 9.52. The number of hydrogen-bond donors (Lipinski definition) is 4. The lowest BCUT2D eigenvalue weighted by molar-refractivity contribution is -0.231. The van der Waals surface area contributed by atoms with Gasteiger partial charge in [0.15, 0.2) is 6.17 Å². The minimum absolute atomic E-state index is 0.147. The quantitative estimate of drug-likeness (QED) is 0.444. The molecule has 0 spiro atoms. The van der Waals surface area contributed by atoms with Gasteiger partial charge in [-0.2, -0.15) is 0 Å². The number of benzene rings is 2. The molecule has 170 valence electrons. The lowest BCUT2D eigenvalue weighted by atomic mass is 9.90. The third-order valence-corrected chi connectivity index (χ3v) is 7.03. The maximum Gasteiger partial charge on any atom is 0.161 e. The van der Waals surface area contributed by atoms with Crippen molar-refractivity contribution in [2.75, 3.05) is 6.61 Å². The molecule has 1 saturated heterocycles. The van der Waals surface area contributed by atoms with Gasteiger partial charge in [0.1, 0.15) is 36.3 Å². The topological polar surface area (TPSA) is 90.2 Å². The number of rotatable bonds is 5. The van der Waals surface area contributed by atoms with Gasteiger partial charge in [0.25, 0.3) is 0 Å². The van der Waals surface area contributed by atoms with E-state index >= 15 is 4.39 Å². The van der Waals surface area contributed by atoms with Gasteiger partial charge in [0.05, 0.1) is 6.61 Å². The average molecular weight is 483 g/mol. The van der Waals surface area contributed by atoms with Gasteiger partial charge in [-0.3, -0.25) is 0 Å². The molecule has 4 N–H and O–H groups in total. The molecule has 1 fully saturated rings. The number of ether oxygens (including phenoxy) is 1. The number of halogens is 3. The maximum absolute atomic E-state index is 15.5. The van der Waals surface area contributed by atoms with Crippen LogP contribution in [0.15, 0.2) is 54.6 Å². The highest BCUT2D eigenvalue weighted by Gasteiger charge is 2.44. The van der Waals surface area contributed by atoms with Crippen molar-refractivity contribution in [3.05, 3.63) is 81.4 Å². The number of hydrogen-bond acceptors (Lipinski definition) is 6. The standard InChI is InChI=1S/C23H21ClF2O5S/c24-15-6-3-12(23-22(30)21(29)20(28)16(10-27)31-23)9-14(15)19(26)18-8-7-17(32-18)11-1-4-13(25)5-2-11/h1-9,16,19-23,27-30H,10H2/t16-,19?,20-,21+,22-,23+/m1/s1. The highest BCUT2D eigenvalue weighted by atomic mass is 35.5. The van der Waals surface area contributed by atoms with Gasteiger partial charge in [-0.05, 0) is 47.5 Å². The van der Waals surface area contributed by atoms with Crippen molar-refractivity contribution < 1.29 is 33.9 Å². The van der Waals surface area contributed by atoms with Crippen LogP contribution >= 0.6 is 22.9 Å². The van der Waals surface area contributed by atoms with E-state index in [0.717, 1.165) is 10.4 Å². The largest absolute Gasteiger partial charge is 0.394 e. The van der Waals surface area contributed by atoms with Crippen LogP contribution in [0.2, 0.25) is 5.02 Å². The molecule has 1 aromatic heterocycles. The summed E-state index contributed by atoms with van der Waals surface area (Å²) in [4.78, 5) is 1.15. The summed E-state index contributed by atoms with van der Waals surface area (Å²) < 4.78 is 34.2. The summed E-state index contributed by atoms with van der Waals surface area (Å²) in [5, 5.41) is 40.0. The lowest BCUT2D eigenvalue weighted by Crippen LogP contribution is -2.55. The number of aliphatic hydroxyl groups is 4. The Morgan fingerprint density at radius 2 is 1.69 bits per heavy atom. The van der Waals surface area contributed by atoms with Crippen molar-refractivity contribution >= 4 is 22.9 Å². The maximum atomic E-state index is 15.5. The van der Waals surface area contributed by atoms with Crippen molar-refractivity contribution in [2.24, 2.45) is 0 Å². The first-order valence-electron chi connectivity index (χ1n) is 9.89. The van der Waals surface area contributed by atoms with E-state index in [2.05, 4.69) is 0 Å². The molecule has 0 radical (unpaired) electrons. The van der Waals surface area contributed by atoms with E-state index in [1.165, 1.54) is 41.7 Å². The Balaban J connectivity index is 1.62. The molecule has 3 aromatic rings. The number of alkyl halides is 1.